The molecule has 0 fully saturated rings. The number of furan rings is 1. The van der Waals surface area contributed by atoms with Crippen LogP contribution in [0.3, 0.4) is 0 Å². The molecule has 1 aromatic carbocycles. The lowest BCUT2D eigenvalue weighted by atomic mass is 10.2. The number of hydrazine groups is 1. The van der Waals surface area contributed by atoms with Crippen molar-refractivity contribution < 1.29 is 28.3 Å². The fraction of sp³-hybridized carbons (Fsp3) is 0.133. The molecule has 0 aliphatic carbocycles. The number of primary amides is 1. The predicted molar refractivity (Wildman–Crippen MR) is 81.3 cm³/mol. The van der Waals surface area contributed by atoms with Crippen LogP contribution in [0.4, 0.5) is 0 Å². The van der Waals surface area contributed by atoms with Crippen LogP contribution in [-0.2, 0) is 4.79 Å². The first-order valence-electron chi connectivity index (χ1n) is 6.74. The summed E-state index contributed by atoms with van der Waals surface area (Å²) in [6, 6.07) is 7.28. The lowest BCUT2D eigenvalue weighted by molar-refractivity contribution is -0.119. The maximum absolute atomic E-state index is 12.0. The molecular weight excluding hydrogens is 318 g/mol. The quantitative estimate of drug-likeness (QED) is 0.648. The zero-order valence-corrected chi connectivity index (χ0v) is 12.7. The van der Waals surface area contributed by atoms with Crippen LogP contribution in [0.1, 0.15) is 20.9 Å². The molecule has 3 amide bonds. The van der Waals surface area contributed by atoms with Gasteiger partial charge in [0.15, 0.2) is 23.9 Å². The highest BCUT2D eigenvalue weighted by atomic mass is 16.5. The molecular formula is C15H15N3O6. The highest BCUT2D eigenvalue weighted by Gasteiger charge is 2.14. The maximum atomic E-state index is 12.0. The number of carbonyl (C=O) groups is 3. The molecule has 0 radical (unpaired) electrons. The van der Waals surface area contributed by atoms with Crippen molar-refractivity contribution in [3.63, 3.8) is 0 Å². The van der Waals surface area contributed by atoms with Crippen LogP contribution < -0.4 is 26.1 Å². The van der Waals surface area contributed by atoms with Crippen LogP contribution >= 0.6 is 0 Å². The topological polar surface area (TPSA) is 133 Å². The van der Waals surface area contributed by atoms with E-state index in [1.54, 1.807) is 6.07 Å². The summed E-state index contributed by atoms with van der Waals surface area (Å²) in [5, 5.41) is 0. The summed E-state index contributed by atoms with van der Waals surface area (Å²) in [5.74, 6) is -1.26. The van der Waals surface area contributed by atoms with Crippen molar-refractivity contribution in [2.75, 3.05) is 13.7 Å². The standard InChI is InChI=1S/C15H15N3O6/c1-22-12-7-9(4-5-10(12)24-8-13(16)19)14(20)17-18-15(21)11-3-2-6-23-11/h2-7H,8H2,1H3,(H2,16,19)(H,17,20)(H,18,21). The fourth-order valence-corrected chi connectivity index (χ4v) is 1.73. The number of carbonyl (C=O) groups excluding carboxylic acids is 3. The number of nitrogens with one attached hydrogen (secondary N) is 2. The lowest BCUT2D eigenvalue weighted by Crippen LogP contribution is -2.41. The van der Waals surface area contributed by atoms with Gasteiger partial charge in [-0.2, -0.15) is 0 Å². The third kappa shape index (κ3) is 4.26. The van der Waals surface area contributed by atoms with Gasteiger partial charge in [0.25, 0.3) is 11.8 Å². The summed E-state index contributed by atoms with van der Waals surface area (Å²) in [4.78, 5) is 34.4. The van der Waals surface area contributed by atoms with Crippen LogP contribution in [0.5, 0.6) is 11.5 Å². The van der Waals surface area contributed by atoms with Gasteiger partial charge in [-0.15, -0.1) is 0 Å². The van der Waals surface area contributed by atoms with E-state index in [1.807, 2.05) is 0 Å². The van der Waals surface area contributed by atoms with E-state index in [0.29, 0.717) is 0 Å². The van der Waals surface area contributed by atoms with Gasteiger partial charge >= 0.3 is 5.91 Å². The average Bonchev–Trinajstić information content (AvgIpc) is 3.11. The number of rotatable bonds is 6. The van der Waals surface area contributed by atoms with E-state index in [0.717, 1.165) is 0 Å². The highest BCUT2D eigenvalue weighted by Crippen LogP contribution is 2.27. The fourth-order valence-electron chi connectivity index (χ4n) is 1.73. The Morgan fingerprint density at radius 1 is 1.12 bits per heavy atom. The first kappa shape index (κ1) is 16.9. The largest absolute Gasteiger partial charge is 0.493 e. The van der Waals surface area contributed by atoms with Crippen molar-refractivity contribution in [1.82, 2.24) is 10.9 Å². The molecule has 0 unspecified atom stereocenters. The Morgan fingerprint density at radius 3 is 2.50 bits per heavy atom. The molecule has 9 heteroatoms. The van der Waals surface area contributed by atoms with E-state index in [-0.39, 0.29) is 29.4 Å². The van der Waals surface area contributed by atoms with Crippen molar-refractivity contribution in [2.24, 2.45) is 5.73 Å². The van der Waals surface area contributed by atoms with E-state index >= 15 is 0 Å². The van der Waals surface area contributed by atoms with Gasteiger partial charge in [0.2, 0.25) is 0 Å². The lowest BCUT2D eigenvalue weighted by Gasteiger charge is -2.11. The number of benzene rings is 1. The van der Waals surface area contributed by atoms with E-state index in [9.17, 15) is 14.4 Å². The molecule has 0 bridgehead atoms. The molecule has 4 N–H and O–H groups in total. The Balaban J connectivity index is 2.01. The Labute approximate surface area is 136 Å². The normalized spacial score (nSPS) is 9.88. The summed E-state index contributed by atoms with van der Waals surface area (Å²) in [6.07, 6.45) is 1.34. The number of nitrogens with two attached hydrogens (primary N) is 1. The Morgan fingerprint density at radius 2 is 1.88 bits per heavy atom. The third-order valence-electron chi connectivity index (χ3n) is 2.83. The van der Waals surface area contributed by atoms with E-state index in [4.69, 9.17) is 19.6 Å². The molecule has 126 valence electrons. The Kier molecular flexibility index (Phi) is 5.40. The van der Waals surface area contributed by atoms with Crippen LogP contribution in [0.15, 0.2) is 41.0 Å². The maximum Gasteiger partial charge on any atom is 0.305 e. The average molecular weight is 333 g/mol. The van der Waals surface area contributed by atoms with E-state index in [2.05, 4.69) is 10.9 Å². The molecule has 2 rings (SSSR count). The van der Waals surface area contributed by atoms with Crippen molar-refractivity contribution in [1.29, 1.82) is 0 Å². The van der Waals surface area contributed by atoms with Gasteiger partial charge in [0.1, 0.15) is 0 Å². The first-order valence-corrected chi connectivity index (χ1v) is 6.74. The molecule has 0 spiro atoms. The van der Waals surface area contributed by atoms with Gasteiger partial charge in [-0.25, -0.2) is 0 Å². The molecule has 2 aromatic rings. The molecule has 24 heavy (non-hydrogen) atoms. The number of ether oxygens (including phenoxy) is 2. The molecule has 1 heterocycles. The Bertz CT molecular complexity index is 742. The summed E-state index contributed by atoms with van der Waals surface area (Å²) < 4.78 is 15.1. The predicted octanol–water partition coefficient (Wildman–Crippen LogP) is 0.227. The highest BCUT2D eigenvalue weighted by molar-refractivity contribution is 5.98. The van der Waals surface area contributed by atoms with Crippen LogP contribution in [0.25, 0.3) is 0 Å². The van der Waals surface area contributed by atoms with Crippen LogP contribution in [-0.4, -0.2) is 31.4 Å². The zero-order valence-electron chi connectivity index (χ0n) is 12.7. The van der Waals surface area contributed by atoms with Gasteiger partial charge in [-0.05, 0) is 30.3 Å². The molecule has 0 saturated heterocycles. The second kappa shape index (κ2) is 7.68. The molecule has 1 aromatic heterocycles. The monoisotopic (exact) mass is 333 g/mol. The number of methoxy groups -OCH3 is 1. The minimum atomic E-state index is -0.639. The molecule has 9 nitrogen and oxygen atoms in total. The van der Waals surface area contributed by atoms with Gasteiger partial charge in [-0.3, -0.25) is 25.2 Å². The minimum absolute atomic E-state index is 0.0584. The smallest absolute Gasteiger partial charge is 0.305 e. The number of hydrogen-bond acceptors (Lipinski definition) is 6. The molecule has 0 aliphatic rings. The minimum Gasteiger partial charge on any atom is -0.493 e. The first-order chi connectivity index (χ1) is 11.5. The second-order valence-corrected chi connectivity index (χ2v) is 4.51. The number of amides is 3. The molecule has 0 atom stereocenters. The number of hydrogen-bond donors (Lipinski definition) is 3. The van der Waals surface area contributed by atoms with Gasteiger partial charge in [-0.1, -0.05) is 0 Å². The van der Waals surface area contributed by atoms with Crippen LogP contribution in [0, 0.1) is 0 Å². The molecule has 0 aliphatic heterocycles. The summed E-state index contributed by atoms with van der Waals surface area (Å²) in [5.41, 5.74) is 9.66. The van der Waals surface area contributed by atoms with Crippen molar-refractivity contribution in [2.45, 2.75) is 0 Å². The summed E-state index contributed by atoms with van der Waals surface area (Å²) in [7, 11) is 1.38. The summed E-state index contributed by atoms with van der Waals surface area (Å²) >= 11 is 0. The van der Waals surface area contributed by atoms with E-state index < -0.39 is 17.7 Å². The second-order valence-electron chi connectivity index (χ2n) is 4.51. The van der Waals surface area contributed by atoms with Crippen molar-refractivity contribution in [3.05, 3.63) is 47.9 Å². The SMILES string of the molecule is COc1cc(C(=O)NNC(=O)c2ccco2)ccc1OCC(N)=O. The van der Waals surface area contributed by atoms with E-state index in [1.165, 1.54) is 37.6 Å². The molecule has 0 saturated carbocycles. The van der Waals surface area contributed by atoms with Gasteiger partial charge < -0.3 is 19.6 Å². The van der Waals surface area contributed by atoms with Gasteiger partial charge in [0, 0.05) is 5.56 Å². The summed E-state index contributed by atoms with van der Waals surface area (Å²) in [6.45, 7) is -0.318. The van der Waals surface area contributed by atoms with Crippen molar-refractivity contribution in [3.8, 4) is 11.5 Å². The third-order valence-corrected chi connectivity index (χ3v) is 2.83. The van der Waals surface area contributed by atoms with Crippen LogP contribution in [0.2, 0.25) is 0 Å². The van der Waals surface area contributed by atoms with Crippen molar-refractivity contribution >= 4 is 17.7 Å². The zero-order chi connectivity index (χ0) is 17.5. The Hall–Kier alpha value is -3.49. The van der Waals surface area contributed by atoms with Gasteiger partial charge in [0.05, 0.1) is 13.4 Å².